The molecule has 0 amide bonds. The summed E-state index contributed by atoms with van der Waals surface area (Å²) in [5.74, 6) is -0.604. The van der Waals surface area contributed by atoms with E-state index in [0.717, 1.165) is 15.6 Å². The van der Waals surface area contributed by atoms with E-state index in [4.69, 9.17) is 0 Å². The Morgan fingerprint density at radius 1 is 1.62 bits per heavy atom. The van der Waals surface area contributed by atoms with Gasteiger partial charge in [-0.1, -0.05) is 0 Å². The number of aryl methyl sites for hydroxylation is 1. The normalized spacial score (nSPS) is 11.8. The first-order valence-electron chi connectivity index (χ1n) is 4.33. The van der Waals surface area contributed by atoms with Crippen molar-refractivity contribution in [3.63, 3.8) is 0 Å². The quantitative estimate of drug-likeness (QED) is 0.728. The molecule has 0 aromatic carbocycles. The van der Waals surface area contributed by atoms with Gasteiger partial charge in [-0.2, -0.15) is 4.31 Å². The van der Waals surface area contributed by atoms with Crippen LogP contribution in [-0.2, 0) is 19.6 Å². The molecule has 0 saturated carbocycles. The van der Waals surface area contributed by atoms with E-state index in [1.165, 1.54) is 20.4 Å². The Labute approximate surface area is 97.9 Å². The van der Waals surface area contributed by atoms with E-state index in [9.17, 15) is 13.2 Å². The van der Waals surface area contributed by atoms with Crippen LogP contribution in [0.15, 0.2) is 10.4 Å². The lowest BCUT2D eigenvalue weighted by Crippen LogP contribution is -2.32. The maximum absolute atomic E-state index is 11.9. The molecule has 0 N–H and O–H groups in total. The van der Waals surface area contributed by atoms with Crippen LogP contribution >= 0.6 is 11.3 Å². The highest BCUT2D eigenvalue weighted by atomic mass is 32.2. The number of likely N-dealkylation sites (N-methyl/N-ethyl adjacent to an activating group) is 1. The summed E-state index contributed by atoms with van der Waals surface area (Å²) >= 11 is 1.06. The summed E-state index contributed by atoms with van der Waals surface area (Å²) in [6.45, 7) is 1.40. The van der Waals surface area contributed by atoms with Gasteiger partial charge in [-0.15, -0.1) is 11.3 Å². The van der Waals surface area contributed by atoms with E-state index < -0.39 is 16.0 Å². The second-order valence-corrected chi connectivity index (χ2v) is 6.54. The number of nitrogens with zero attached hydrogens (tertiary/aromatic N) is 2. The van der Waals surface area contributed by atoms with E-state index in [-0.39, 0.29) is 10.8 Å². The minimum absolute atomic E-state index is 0.122. The van der Waals surface area contributed by atoms with E-state index in [2.05, 4.69) is 9.72 Å². The van der Waals surface area contributed by atoms with Crippen LogP contribution in [0.4, 0.5) is 0 Å². The fourth-order valence-electron chi connectivity index (χ4n) is 0.946. The highest BCUT2D eigenvalue weighted by molar-refractivity contribution is 7.91. The second kappa shape index (κ2) is 4.89. The zero-order valence-corrected chi connectivity index (χ0v) is 10.8. The minimum atomic E-state index is -3.63. The first-order chi connectivity index (χ1) is 7.37. The number of esters is 1. The molecule has 0 atom stereocenters. The van der Waals surface area contributed by atoms with Gasteiger partial charge in [0.1, 0.15) is 6.54 Å². The van der Waals surface area contributed by atoms with Crippen molar-refractivity contribution in [1.82, 2.24) is 9.29 Å². The first kappa shape index (κ1) is 13.1. The minimum Gasteiger partial charge on any atom is -0.468 e. The smallest absolute Gasteiger partial charge is 0.321 e. The summed E-state index contributed by atoms with van der Waals surface area (Å²) in [5, 5.41) is 0.657. The molecule has 6 nitrogen and oxygen atoms in total. The zero-order valence-electron chi connectivity index (χ0n) is 9.13. The van der Waals surface area contributed by atoms with Crippen molar-refractivity contribution in [3.8, 4) is 0 Å². The number of sulfonamides is 1. The molecule has 0 spiro atoms. The summed E-state index contributed by atoms with van der Waals surface area (Å²) in [6, 6.07) is 0. The third-order valence-electron chi connectivity index (χ3n) is 1.84. The highest BCUT2D eigenvalue weighted by Crippen LogP contribution is 2.20. The third-order valence-corrected chi connectivity index (χ3v) is 5.00. The molecule has 0 aliphatic carbocycles. The molecule has 0 unspecified atom stereocenters. The van der Waals surface area contributed by atoms with Crippen molar-refractivity contribution in [3.05, 3.63) is 11.2 Å². The molecule has 0 aliphatic rings. The Morgan fingerprint density at radius 3 is 2.69 bits per heavy atom. The Kier molecular flexibility index (Phi) is 4.00. The van der Waals surface area contributed by atoms with E-state index in [1.54, 1.807) is 6.92 Å². The number of carbonyl (C=O) groups is 1. The third kappa shape index (κ3) is 2.77. The molecule has 0 bridgehead atoms. The molecule has 1 aromatic rings. The highest BCUT2D eigenvalue weighted by Gasteiger charge is 2.25. The molecule has 8 heteroatoms. The van der Waals surface area contributed by atoms with Crippen molar-refractivity contribution in [2.24, 2.45) is 0 Å². The lowest BCUT2D eigenvalue weighted by atomic mass is 10.7. The number of ether oxygens (including phenoxy) is 1. The summed E-state index contributed by atoms with van der Waals surface area (Å²) < 4.78 is 29.2. The van der Waals surface area contributed by atoms with Crippen LogP contribution < -0.4 is 0 Å². The molecular weight excluding hydrogens is 252 g/mol. The van der Waals surface area contributed by atoms with E-state index in [0.29, 0.717) is 5.01 Å². The summed E-state index contributed by atoms with van der Waals surface area (Å²) in [7, 11) is -1.11. The van der Waals surface area contributed by atoms with Crippen LogP contribution in [0.2, 0.25) is 0 Å². The van der Waals surface area contributed by atoms with Gasteiger partial charge in [-0.3, -0.25) is 4.79 Å². The number of hydrogen-bond acceptors (Lipinski definition) is 6. The van der Waals surface area contributed by atoms with Crippen LogP contribution in [-0.4, -0.2) is 44.4 Å². The molecule has 1 aromatic heterocycles. The largest absolute Gasteiger partial charge is 0.468 e. The molecule has 1 heterocycles. The van der Waals surface area contributed by atoms with Crippen molar-refractivity contribution < 1.29 is 17.9 Å². The van der Waals surface area contributed by atoms with Gasteiger partial charge in [0.25, 0.3) is 10.0 Å². The van der Waals surface area contributed by atoms with Gasteiger partial charge in [-0.05, 0) is 6.92 Å². The van der Waals surface area contributed by atoms with Crippen LogP contribution in [0.3, 0.4) is 0 Å². The van der Waals surface area contributed by atoms with E-state index in [1.807, 2.05) is 0 Å². The Morgan fingerprint density at radius 2 is 2.25 bits per heavy atom. The van der Waals surface area contributed by atoms with Crippen molar-refractivity contribution in [1.29, 1.82) is 0 Å². The van der Waals surface area contributed by atoms with Gasteiger partial charge in [0, 0.05) is 7.05 Å². The van der Waals surface area contributed by atoms with Gasteiger partial charge in [0.05, 0.1) is 18.3 Å². The molecule has 90 valence electrons. The molecule has 0 saturated heterocycles. The number of thiazole rings is 1. The van der Waals surface area contributed by atoms with Crippen molar-refractivity contribution in [2.45, 2.75) is 11.1 Å². The number of carbonyl (C=O) groups excluding carboxylic acids is 1. The van der Waals surface area contributed by atoms with Crippen molar-refractivity contribution >= 4 is 27.3 Å². The molecule has 16 heavy (non-hydrogen) atoms. The number of rotatable bonds is 4. The van der Waals surface area contributed by atoms with Gasteiger partial charge in [0.2, 0.25) is 0 Å². The van der Waals surface area contributed by atoms with Crippen LogP contribution in [0, 0.1) is 6.92 Å². The van der Waals surface area contributed by atoms with Crippen LogP contribution in [0.5, 0.6) is 0 Å². The molecule has 0 fully saturated rings. The Bertz CT molecular complexity index is 480. The maximum Gasteiger partial charge on any atom is 0.321 e. The summed E-state index contributed by atoms with van der Waals surface area (Å²) in [5.41, 5.74) is 0. The first-order valence-corrected chi connectivity index (χ1v) is 6.59. The van der Waals surface area contributed by atoms with Crippen LogP contribution in [0.25, 0.3) is 0 Å². The van der Waals surface area contributed by atoms with E-state index >= 15 is 0 Å². The summed E-state index contributed by atoms with van der Waals surface area (Å²) in [6.07, 6.45) is 1.28. The molecular formula is C8H12N2O4S2. The average Bonchev–Trinajstić information content (AvgIpc) is 2.65. The van der Waals surface area contributed by atoms with Gasteiger partial charge < -0.3 is 4.74 Å². The fourth-order valence-corrected chi connectivity index (χ4v) is 3.38. The zero-order chi connectivity index (χ0) is 12.3. The topological polar surface area (TPSA) is 76.6 Å². The SMILES string of the molecule is COC(=O)CN(C)S(=O)(=O)c1cnc(C)s1. The van der Waals surface area contributed by atoms with Crippen molar-refractivity contribution in [2.75, 3.05) is 20.7 Å². The Hall–Kier alpha value is -0.990. The number of methoxy groups -OCH3 is 1. The average molecular weight is 264 g/mol. The molecule has 1 rings (SSSR count). The molecule has 0 aliphatic heterocycles. The monoisotopic (exact) mass is 264 g/mol. The number of aromatic nitrogens is 1. The predicted octanol–water partition coefficient (Wildman–Crippen LogP) is 0.245. The summed E-state index contributed by atoms with van der Waals surface area (Å²) in [4.78, 5) is 14.8. The lowest BCUT2D eigenvalue weighted by Gasteiger charge is -2.13. The Balaban J connectivity index is 2.90. The van der Waals surface area contributed by atoms with Gasteiger partial charge >= 0.3 is 5.97 Å². The lowest BCUT2D eigenvalue weighted by molar-refractivity contribution is -0.140. The maximum atomic E-state index is 11.9. The van der Waals surface area contributed by atoms with Gasteiger partial charge in [0.15, 0.2) is 4.21 Å². The predicted molar refractivity (Wildman–Crippen MR) is 58.7 cm³/mol. The van der Waals surface area contributed by atoms with Gasteiger partial charge in [-0.25, -0.2) is 13.4 Å². The standard InChI is InChI=1S/C8H12N2O4S2/c1-6-9-4-8(15-6)16(12,13)10(2)5-7(11)14-3/h4H,5H2,1-3H3. The number of hydrogen-bond donors (Lipinski definition) is 0. The molecule has 0 radical (unpaired) electrons. The second-order valence-electron chi connectivity index (χ2n) is 3.04. The van der Waals surface area contributed by atoms with Crippen LogP contribution in [0.1, 0.15) is 5.01 Å². The fraction of sp³-hybridized carbons (Fsp3) is 0.500.